The lowest BCUT2D eigenvalue weighted by atomic mass is 9.95. The van der Waals surface area contributed by atoms with Crippen LogP contribution in [0.2, 0.25) is 10.0 Å². The lowest BCUT2D eigenvalue weighted by molar-refractivity contribution is 0.232. The largest absolute Gasteiger partial charge is 0.329 e. The lowest BCUT2D eigenvalue weighted by Crippen LogP contribution is -2.32. The Morgan fingerprint density at radius 1 is 1.32 bits per heavy atom. The van der Waals surface area contributed by atoms with Crippen LogP contribution in [0.4, 0.5) is 0 Å². The fourth-order valence-corrected chi connectivity index (χ4v) is 3.16. The van der Waals surface area contributed by atoms with Crippen molar-refractivity contribution in [1.29, 1.82) is 0 Å². The summed E-state index contributed by atoms with van der Waals surface area (Å²) in [5, 5.41) is 1.21. The van der Waals surface area contributed by atoms with Gasteiger partial charge in [0.1, 0.15) is 0 Å². The first-order valence-electron chi connectivity index (χ1n) is 6.92. The van der Waals surface area contributed by atoms with Crippen LogP contribution in [-0.2, 0) is 0 Å². The number of hydrogen-bond acceptors (Lipinski definition) is 2. The van der Waals surface area contributed by atoms with Gasteiger partial charge in [-0.25, -0.2) is 0 Å². The van der Waals surface area contributed by atoms with Crippen LogP contribution >= 0.6 is 23.2 Å². The van der Waals surface area contributed by atoms with E-state index in [-0.39, 0.29) is 6.04 Å². The molecule has 0 spiro atoms. The summed E-state index contributed by atoms with van der Waals surface area (Å²) < 4.78 is 0. The predicted molar refractivity (Wildman–Crippen MR) is 82.8 cm³/mol. The van der Waals surface area contributed by atoms with Gasteiger partial charge >= 0.3 is 0 Å². The van der Waals surface area contributed by atoms with Crippen LogP contribution in [0, 0.1) is 11.8 Å². The third-order valence-corrected chi connectivity index (χ3v) is 4.93. The fourth-order valence-electron chi connectivity index (χ4n) is 2.86. The highest BCUT2D eigenvalue weighted by Crippen LogP contribution is 2.33. The minimum atomic E-state index is 0.249. The highest BCUT2D eigenvalue weighted by Gasteiger charge is 2.30. The molecule has 2 rings (SSSR count). The molecule has 2 unspecified atom stereocenters. The van der Waals surface area contributed by atoms with Crippen LogP contribution < -0.4 is 5.73 Å². The summed E-state index contributed by atoms with van der Waals surface area (Å²) in [6, 6.07) is 6.09. The Kier molecular flexibility index (Phi) is 5.13. The zero-order chi connectivity index (χ0) is 14.0. The molecule has 4 heteroatoms. The monoisotopic (exact) mass is 300 g/mol. The third kappa shape index (κ3) is 3.43. The first-order valence-corrected chi connectivity index (χ1v) is 7.67. The molecule has 1 aliphatic rings. The normalized spacial score (nSPS) is 22.1. The number of nitrogens with zero attached hydrogens (tertiary/aromatic N) is 1. The lowest BCUT2D eigenvalue weighted by Gasteiger charge is -2.28. The van der Waals surface area contributed by atoms with E-state index < -0.39 is 0 Å². The summed E-state index contributed by atoms with van der Waals surface area (Å²) in [6.45, 7) is 7.45. The fraction of sp³-hybridized carbons (Fsp3) is 0.600. The van der Waals surface area contributed by atoms with Gasteiger partial charge in [0, 0.05) is 19.1 Å². The Hall–Kier alpha value is -0.280. The maximum absolute atomic E-state index is 6.11. The van der Waals surface area contributed by atoms with E-state index >= 15 is 0 Å². The number of benzene rings is 1. The number of nitrogens with two attached hydrogens (primary N) is 1. The van der Waals surface area contributed by atoms with Gasteiger partial charge in [0.05, 0.1) is 10.0 Å². The van der Waals surface area contributed by atoms with Gasteiger partial charge in [-0.1, -0.05) is 43.1 Å². The van der Waals surface area contributed by atoms with Gasteiger partial charge in [-0.15, -0.1) is 0 Å². The minimum Gasteiger partial charge on any atom is -0.329 e. The van der Waals surface area contributed by atoms with Gasteiger partial charge in [-0.3, -0.25) is 4.90 Å². The molecule has 0 aromatic heterocycles. The number of rotatable bonds is 4. The molecule has 1 aromatic rings. The number of halogens is 2. The zero-order valence-corrected chi connectivity index (χ0v) is 13.1. The molecule has 2 nitrogen and oxygen atoms in total. The maximum Gasteiger partial charge on any atom is 0.0595 e. The molecule has 1 aliphatic heterocycles. The van der Waals surface area contributed by atoms with Crippen LogP contribution in [0.1, 0.15) is 31.9 Å². The molecule has 0 bridgehead atoms. The van der Waals surface area contributed by atoms with Crippen molar-refractivity contribution in [2.45, 2.75) is 26.3 Å². The van der Waals surface area contributed by atoms with E-state index in [1.165, 1.54) is 12.0 Å². The third-order valence-electron chi connectivity index (χ3n) is 4.19. The van der Waals surface area contributed by atoms with Gasteiger partial charge in [0.15, 0.2) is 0 Å². The van der Waals surface area contributed by atoms with E-state index in [4.69, 9.17) is 28.9 Å². The maximum atomic E-state index is 6.11. The molecule has 1 aromatic carbocycles. The quantitative estimate of drug-likeness (QED) is 0.911. The molecular weight excluding hydrogens is 279 g/mol. The van der Waals surface area contributed by atoms with Gasteiger partial charge in [0.25, 0.3) is 0 Å². The summed E-state index contributed by atoms with van der Waals surface area (Å²) in [5.74, 6) is 1.51. The van der Waals surface area contributed by atoms with Crippen LogP contribution in [0.5, 0.6) is 0 Å². The second kappa shape index (κ2) is 6.45. The Morgan fingerprint density at radius 2 is 2.05 bits per heavy atom. The van der Waals surface area contributed by atoms with Crippen LogP contribution in [0.3, 0.4) is 0 Å². The van der Waals surface area contributed by atoms with E-state index in [0.717, 1.165) is 24.9 Å². The molecule has 0 aliphatic carbocycles. The molecule has 19 heavy (non-hydrogen) atoms. The van der Waals surface area contributed by atoms with E-state index in [1.54, 1.807) is 0 Å². The molecule has 1 saturated heterocycles. The second-order valence-electron chi connectivity index (χ2n) is 5.71. The standard InChI is InChI=1S/C15H22Cl2N2/c1-10(2)12-5-6-19(9-12)15(8-18)11-3-4-13(16)14(17)7-11/h3-4,7,10,12,15H,5-6,8-9,18H2,1-2H3. The summed E-state index contributed by atoms with van der Waals surface area (Å²) in [7, 11) is 0. The van der Waals surface area contributed by atoms with E-state index in [9.17, 15) is 0 Å². The van der Waals surface area contributed by atoms with E-state index in [1.807, 2.05) is 18.2 Å². The Balaban J connectivity index is 2.14. The van der Waals surface area contributed by atoms with Crippen molar-refractivity contribution in [3.63, 3.8) is 0 Å². The van der Waals surface area contributed by atoms with Crippen molar-refractivity contribution >= 4 is 23.2 Å². The van der Waals surface area contributed by atoms with Crippen LogP contribution in [0.25, 0.3) is 0 Å². The first kappa shape index (κ1) is 15.1. The van der Waals surface area contributed by atoms with Crippen molar-refractivity contribution < 1.29 is 0 Å². The highest BCUT2D eigenvalue weighted by atomic mass is 35.5. The number of hydrogen-bond donors (Lipinski definition) is 1. The molecule has 0 saturated carbocycles. The van der Waals surface area contributed by atoms with Crippen LogP contribution in [0.15, 0.2) is 18.2 Å². The molecule has 1 heterocycles. The van der Waals surface area contributed by atoms with E-state index in [0.29, 0.717) is 16.6 Å². The molecule has 0 amide bonds. The van der Waals surface area contributed by atoms with E-state index in [2.05, 4.69) is 18.7 Å². The van der Waals surface area contributed by atoms with Crippen molar-refractivity contribution in [2.75, 3.05) is 19.6 Å². The average molecular weight is 301 g/mol. The van der Waals surface area contributed by atoms with Crippen molar-refractivity contribution in [3.05, 3.63) is 33.8 Å². The zero-order valence-electron chi connectivity index (χ0n) is 11.6. The van der Waals surface area contributed by atoms with Crippen molar-refractivity contribution in [2.24, 2.45) is 17.6 Å². The van der Waals surface area contributed by atoms with Crippen molar-refractivity contribution in [3.8, 4) is 0 Å². The first-order chi connectivity index (χ1) is 9.02. The molecular formula is C15H22Cl2N2. The van der Waals surface area contributed by atoms with Gasteiger partial charge < -0.3 is 5.73 Å². The topological polar surface area (TPSA) is 29.3 Å². The summed E-state index contributed by atoms with van der Waals surface area (Å²) in [6.07, 6.45) is 1.26. The van der Waals surface area contributed by atoms with Gasteiger partial charge in [-0.05, 0) is 42.5 Å². The Bertz CT molecular complexity index is 434. The van der Waals surface area contributed by atoms with Gasteiger partial charge in [0.2, 0.25) is 0 Å². The highest BCUT2D eigenvalue weighted by molar-refractivity contribution is 6.42. The smallest absolute Gasteiger partial charge is 0.0595 e. The average Bonchev–Trinajstić information content (AvgIpc) is 2.84. The molecule has 106 valence electrons. The predicted octanol–water partition coefficient (Wildman–Crippen LogP) is 3.97. The minimum absolute atomic E-state index is 0.249. The number of likely N-dealkylation sites (tertiary alicyclic amines) is 1. The molecule has 2 atom stereocenters. The van der Waals surface area contributed by atoms with Crippen LogP contribution in [-0.4, -0.2) is 24.5 Å². The van der Waals surface area contributed by atoms with Gasteiger partial charge in [-0.2, -0.15) is 0 Å². The molecule has 2 N–H and O–H groups in total. The molecule has 1 fully saturated rings. The SMILES string of the molecule is CC(C)C1CCN(C(CN)c2ccc(Cl)c(Cl)c2)C1. The summed E-state index contributed by atoms with van der Waals surface area (Å²) in [4.78, 5) is 2.48. The molecule has 0 radical (unpaired) electrons. The second-order valence-corrected chi connectivity index (χ2v) is 6.53. The summed E-state index contributed by atoms with van der Waals surface area (Å²) in [5.41, 5.74) is 7.14. The Labute approximate surface area is 125 Å². The van der Waals surface area contributed by atoms with Crippen molar-refractivity contribution in [1.82, 2.24) is 4.90 Å². The Morgan fingerprint density at radius 3 is 2.58 bits per heavy atom. The summed E-state index contributed by atoms with van der Waals surface area (Å²) >= 11 is 12.1.